The van der Waals surface area contributed by atoms with Crippen LogP contribution < -0.4 is 10.5 Å². The highest BCUT2D eigenvalue weighted by Crippen LogP contribution is 2.22. The maximum atomic E-state index is 13.6. The lowest BCUT2D eigenvalue weighted by atomic mass is 10.2. The first-order valence-corrected chi connectivity index (χ1v) is 6.47. The van der Waals surface area contributed by atoms with Gasteiger partial charge in [0.1, 0.15) is 12.7 Å². The van der Waals surface area contributed by atoms with E-state index in [1.54, 1.807) is 19.2 Å². The van der Waals surface area contributed by atoms with Crippen molar-refractivity contribution >= 4 is 0 Å². The molecule has 0 fully saturated rings. The predicted octanol–water partition coefficient (Wildman–Crippen LogP) is 1.08. The fraction of sp³-hybridized carbons (Fsp3) is 0.571. The number of benzene rings is 1. The second-order valence-electron chi connectivity index (χ2n) is 4.50. The van der Waals surface area contributed by atoms with Gasteiger partial charge in [-0.3, -0.25) is 0 Å². The van der Waals surface area contributed by atoms with E-state index < -0.39 is 11.9 Å². The van der Waals surface area contributed by atoms with Gasteiger partial charge in [-0.05, 0) is 13.0 Å². The molecule has 0 spiro atoms. The molecule has 5 nitrogen and oxygen atoms in total. The van der Waals surface area contributed by atoms with Gasteiger partial charge in [0.05, 0.1) is 19.3 Å². The number of para-hydroxylation sites is 1. The second kappa shape index (κ2) is 8.86. The molecule has 0 saturated heterocycles. The average Bonchev–Trinajstić information content (AvgIpc) is 2.43. The highest BCUT2D eigenvalue weighted by molar-refractivity contribution is 5.34. The molecule has 1 aromatic carbocycles. The van der Waals surface area contributed by atoms with Crippen molar-refractivity contribution in [1.82, 2.24) is 0 Å². The summed E-state index contributed by atoms with van der Waals surface area (Å²) >= 11 is 0. The Labute approximate surface area is 118 Å². The molecule has 2 unspecified atom stereocenters. The van der Waals surface area contributed by atoms with Gasteiger partial charge in [0.2, 0.25) is 0 Å². The molecule has 0 aliphatic carbocycles. The standard InChI is InChI=1S/C14H22FNO4/c1-10(7-18-2)19-8-12(17)9-20-14-11(6-16)4-3-5-13(14)15/h3-5,10,12,17H,6-9,16H2,1-2H3. The lowest BCUT2D eigenvalue weighted by molar-refractivity contribution is -0.0426. The monoisotopic (exact) mass is 287 g/mol. The summed E-state index contributed by atoms with van der Waals surface area (Å²) in [6, 6.07) is 4.54. The molecule has 0 aromatic heterocycles. The number of halogens is 1. The van der Waals surface area contributed by atoms with Gasteiger partial charge in [0, 0.05) is 19.2 Å². The van der Waals surface area contributed by atoms with E-state index in [0.29, 0.717) is 12.2 Å². The minimum absolute atomic E-state index is 0.0619. The van der Waals surface area contributed by atoms with E-state index in [2.05, 4.69) is 0 Å². The largest absolute Gasteiger partial charge is 0.487 e. The van der Waals surface area contributed by atoms with Crippen LogP contribution >= 0.6 is 0 Å². The third-order valence-corrected chi connectivity index (χ3v) is 2.66. The molecule has 0 heterocycles. The highest BCUT2D eigenvalue weighted by Gasteiger charge is 2.13. The first-order chi connectivity index (χ1) is 9.58. The summed E-state index contributed by atoms with van der Waals surface area (Å²) in [5.74, 6) is -0.409. The van der Waals surface area contributed by atoms with Crippen molar-refractivity contribution in [1.29, 1.82) is 0 Å². The number of ether oxygens (including phenoxy) is 3. The van der Waals surface area contributed by atoms with Crippen LogP contribution in [-0.2, 0) is 16.0 Å². The van der Waals surface area contributed by atoms with Gasteiger partial charge in [0.15, 0.2) is 11.6 Å². The van der Waals surface area contributed by atoms with Gasteiger partial charge in [-0.2, -0.15) is 0 Å². The Hall–Kier alpha value is -1.21. The molecular weight excluding hydrogens is 265 g/mol. The lowest BCUT2D eigenvalue weighted by Gasteiger charge is -2.17. The van der Waals surface area contributed by atoms with Gasteiger partial charge >= 0.3 is 0 Å². The zero-order valence-electron chi connectivity index (χ0n) is 11.8. The number of aliphatic hydroxyl groups is 1. The van der Waals surface area contributed by atoms with Crippen LogP contribution in [0.5, 0.6) is 5.75 Å². The van der Waals surface area contributed by atoms with E-state index >= 15 is 0 Å². The summed E-state index contributed by atoms with van der Waals surface area (Å²) in [4.78, 5) is 0. The van der Waals surface area contributed by atoms with Crippen molar-refractivity contribution in [2.24, 2.45) is 5.73 Å². The molecule has 6 heteroatoms. The van der Waals surface area contributed by atoms with Gasteiger partial charge in [0.25, 0.3) is 0 Å². The predicted molar refractivity (Wildman–Crippen MR) is 73.1 cm³/mol. The lowest BCUT2D eigenvalue weighted by Crippen LogP contribution is -2.27. The molecule has 20 heavy (non-hydrogen) atoms. The Kier molecular flexibility index (Phi) is 7.46. The van der Waals surface area contributed by atoms with Crippen LogP contribution in [0.3, 0.4) is 0 Å². The smallest absolute Gasteiger partial charge is 0.165 e. The van der Waals surface area contributed by atoms with Crippen molar-refractivity contribution in [2.75, 3.05) is 26.9 Å². The van der Waals surface area contributed by atoms with Gasteiger partial charge in [-0.25, -0.2) is 4.39 Å². The molecule has 114 valence electrons. The van der Waals surface area contributed by atoms with Crippen LogP contribution in [0.25, 0.3) is 0 Å². The number of rotatable bonds is 9. The fourth-order valence-electron chi connectivity index (χ4n) is 1.66. The molecule has 0 radical (unpaired) electrons. The maximum absolute atomic E-state index is 13.6. The highest BCUT2D eigenvalue weighted by atomic mass is 19.1. The zero-order valence-corrected chi connectivity index (χ0v) is 11.8. The summed E-state index contributed by atoms with van der Waals surface area (Å²) < 4.78 is 29.1. The topological polar surface area (TPSA) is 73.9 Å². The molecule has 0 aliphatic rings. The van der Waals surface area contributed by atoms with Gasteiger partial charge in [-0.15, -0.1) is 0 Å². The SMILES string of the molecule is COCC(C)OCC(O)COc1c(F)cccc1CN. The molecule has 0 saturated carbocycles. The number of methoxy groups -OCH3 is 1. The molecule has 3 N–H and O–H groups in total. The van der Waals surface area contributed by atoms with E-state index in [-0.39, 0.29) is 31.6 Å². The first-order valence-electron chi connectivity index (χ1n) is 6.47. The van der Waals surface area contributed by atoms with Gasteiger partial charge in [-0.1, -0.05) is 12.1 Å². The van der Waals surface area contributed by atoms with Crippen molar-refractivity contribution in [3.05, 3.63) is 29.6 Å². The van der Waals surface area contributed by atoms with Crippen LogP contribution in [0, 0.1) is 5.82 Å². The van der Waals surface area contributed by atoms with Crippen molar-refractivity contribution < 1.29 is 23.7 Å². The maximum Gasteiger partial charge on any atom is 0.165 e. The fourth-order valence-corrected chi connectivity index (χ4v) is 1.66. The summed E-state index contributed by atoms with van der Waals surface area (Å²) in [5.41, 5.74) is 6.07. The number of hydrogen-bond acceptors (Lipinski definition) is 5. The van der Waals surface area contributed by atoms with Crippen LogP contribution in [0.1, 0.15) is 12.5 Å². The molecule has 0 aliphatic heterocycles. The minimum atomic E-state index is -0.848. The number of hydrogen-bond donors (Lipinski definition) is 2. The number of nitrogens with two attached hydrogens (primary N) is 1. The first kappa shape index (κ1) is 16.8. The third kappa shape index (κ3) is 5.42. The van der Waals surface area contributed by atoms with Crippen molar-refractivity contribution in [3.63, 3.8) is 0 Å². The van der Waals surface area contributed by atoms with E-state index in [4.69, 9.17) is 19.9 Å². The average molecular weight is 287 g/mol. The van der Waals surface area contributed by atoms with E-state index in [9.17, 15) is 9.50 Å². The Morgan fingerprint density at radius 1 is 1.30 bits per heavy atom. The van der Waals surface area contributed by atoms with Gasteiger partial charge < -0.3 is 25.1 Å². The summed E-state index contributed by atoms with van der Waals surface area (Å²) in [6.45, 7) is 2.48. The Morgan fingerprint density at radius 2 is 2.05 bits per heavy atom. The molecule has 0 bridgehead atoms. The molecule has 2 atom stereocenters. The van der Waals surface area contributed by atoms with Crippen molar-refractivity contribution in [2.45, 2.75) is 25.7 Å². The van der Waals surface area contributed by atoms with Crippen LogP contribution in [0.4, 0.5) is 4.39 Å². The molecule has 1 aromatic rings. The van der Waals surface area contributed by atoms with Crippen LogP contribution in [0.15, 0.2) is 18.2 Å². The Balaban J connectivity index is 2.43. The summed E-state index contributed by atoms with van der Waals surface area (Å²) in [5, 5.41) is 9.74. The summed E-state index contributed by atoms with van der Waals surface area (Å²) in [7, 11) is 1.58. The normalized spacial score (nSPS) is 14.1. The van der Waals surface area contributed by atoms with E-state index in [1.165, 1.54) is 6.07 Å². The quantitative estimate of drug-likeness (QED) is 0.711. The number of aliphatic hydroxyl groups excluding tert-OH is 1. The minimum Gasteiger partial charge on any atom is -0.487 e. The molecule has 0 amide bonds. The van der Waals surface area contributed by atoms with Crippen molar-refractivity contribution in [3.8, 4) is 5.75 Å². The third-order valence-electron chi connectivity index (χ3n) is 2.66. The Morgan fingerprint density at radius 3 is 2.70 bits per heavy atom. The molecule has 1 rings (SSSR count). The zero-order chi connectivity index (χ0) is 15.0. The second-order valence-corrected chi connectivity index (χ2v) is 4.50. The van der Waals surface area contributed by atoms with E-state index in [1.807, 2.05) is 6.92 Å². The van der Waals surface area contributed by atoms with Crippen LogP contribution in [0.2, 0.25) is 0 Å². The van der Waals surface area contributed by atoms with E-state index in [0.717, 1.165) is 0 Å². The summed E-state index contributed by atoms with van der Waals surface area (Å²) in [6.07, 6.45) is -0.970. The Bertz CT molecular complexity index is 403. The van der Waals surface area contributed by atoms with Crippen LogP contribution in [-0.4, -0.2) is 44.2 Å². The molecular formula is C14H22FNO4.